The fourth-order valence-corrected chi connectivity index (χ4v) is 4.10. The molecule has 5 rings (SSSR count). The van der Waals surface area contributed by atoms with Crippen LogP contribution in [0.3, 0.4) is 0 Å². The number of urea groups is 1. The molecule has 0 spiro atoms. The number of aliphatic carboxylic acids is 1. The van der Waals surface area contributed by atoms with Gasteiger partial charge in [0.2, 0.25) is 0 Å². The van der Waals surface area contributed by atoms with Gasteiger partial charge in [-0.15, -0.1) is 0 Å². The van der Waals surface area contributed by atoms with Gasteiger partial charge in [0, 0.05) is 42.6 Å². The number of rotatable bonds is 6. The molecule has 1 aliphatic heterocycles. The lowest BCUT2D eigenvalue weighted by atomic mass is 10.2. The van der Waals surface area contributed by atoms with Gasteiger partial charge in [-0.3, -0.25) is 19.8 Å². The molecule has 0 unspecified atom stereocenters. The average molecular weight is 624 g/mol. The summed E-state index contributed by atoms with van der Waals surface area (Å²) >= 11 is 0. The van der Waals surface area contributed by atoms with Crippen LogP contribution in [0.15, 0.2) is 67.1 Å². The number of carbonyl (C=O) groups is 2. The van der Waals surface area contributed by atoms with Crippen LogP contribution in [0.1, 0.15) is 5.56 Å². The molecular formula is C28H22F6N4O6. The van der Waals surface area contributed by atoms with Gasteiger partial charge in [-0.05, 0) is 42.5 Å². The largest absolute Gasteiger partial charge is 0.493 e. The molecule has 4 aromatic rings. The zero-order valence-electron chi connectivity index (χ0n) is 22.8. The Morgan fingerprint density at radius 3 is 2.00 bits per heavy atom. The first-order valence-electron chi connectivity index (χ1n) is 12.4. The molecule has 16 heteroatoms. The molecule has 10 nitrogen and oxygen atoms in total. The molecular weight excluding hydrogens is 602 g/mol. The minimum absolute atomic E-state index is 0.0962. The molecule has 0 bridgehead atoms. The number of methoxy groups -OCH3 is 2. The summed E-state index contributed by atoms with van der Waals surface area (Å²) in [5.41, 5.74) is 0.445. The summed E-state index contributed by atoms with van der Waals surface area (Å²) in [5, 5.41) is 7.85. The van der Waals surface area contributed by atoms with Crippen molar-refractivity contribution in [3.05, 3.63) is 72.7 Å². The molecule has 3 heterocycles. The summed E-state index contributed by atoms with van der Waals surface area (Å²) < 4.78 is 87.7. The van der Waals surface area contributed by atoms with E-state index in [0.29, 0.717) is 40.7 Å². The average Bonchev–Trinajstić information content (AvgIpc) is 3.37. The van der Waals surface area contributed by atoms with Crippen LogP contribution in [-0.2, 0) is 11.0 Å². The van der Waals surface area contributed by atoms with E-state index in [2.05, 4.69) is 9.97 Å². The van der Waals surface area contributed by atoms with Crippen molar-refractivity contribution in [3.63, 3.8) is 0 Å². The number of aromatic nitrogens is 2. The molecule has 0 atom stereocenters. The van der Waals surface area contributed by atoms with Gasteiger partial charge < -0.3 is 19.3 Å². The molecule has 1 fully saturated rings. The van der Waals surface area contributed by atoms with Crippen LogP contribution in [0, 0.1) is 0 Å². The molecule has 0 radical (unpaired) electrons. The predicted octanol–water partition coefficient (Wildman–Crippen LogP) is 6.54. The molecule has 2 aromatic carbocycles. The van der Waals surface area contributed by atoms with E-state index in [9.17, 15) is 31.1 Å². The summed E-state index contributed by atoms with van der Waals surface area (Å²) in [5.74, 6) is -0.589. The van der Waals surface area contributed by atoms with Gasteiger partial charge in [0.15, 0.2) is 11.5 Å². The van der Waals surface area contributed by atoms with E-state index in [0.717, 1.165) is 17.6 Å². The first-order chi connectivity index (χ1) is 20.7. The minimum atomic E-state index is -5.08. The van der Waals surface area contributed by atoms with Crippen molar-refractivity contribution in [2.45, 2.75) is 12.4 Å². The van der Waals surface area contributed by atoms with Crippen molar-refractivity contribution in [1.82, 2.24) is 9.97 Å². The third-order valence-corrected chi connectivity index (χ3v) is 6.20. The van der Waals surface area contributed by atoms with Gasteiger partial charge in [-0.2, -0.15) is 26.3 Å². The van der Waals surface area contributed by atoms with Gasteiger partial charge in [0.25, 0.3) is 0 Å². The summed E-state index contributed by atoms with van der Waals surface area (Å²) in [6.07, 6.45) is -6.02. The fraction of sp³-hybridized carbons (Fsp3) is 0.214. The Labute approximate surface area is 245 Å². The Morgan fingerprint density at radius 1 is 0.841 bits per heavy atom. The Morgan fingerprint density at radius 2 is 1.43 bits per heavy atom. The molecule has 2 aromatic heterocycles. The molecule has 0 saturated carbocycles. The topological polar surface area (TPSA) is 114 Å². The van der Waals surface area contributed by atoms with E-state index in [-0.39, 0.29) is 12.2 Å². The van der Waals surface area contributed by atoms with Gasteiger partial charge >= 0.3 is 24.4 Å². The lowest BCUT2D eigenvalue weighted by molar-refractivity contribution is -0.192. The van der Waals surface area contributed by atoms with Crippen molar-refractivity contribution in [3.8, 4) is 23.0 Å². The summed E-state index contributed by atoms with van der Waals surface area (Å²) in [6.45, 7) is 0.542. The van der Waals surface area contributed by atoms with E-state index in [1.807, 2.05) is 0 Å². The Bertz CT molecular complexity index is 1660. The fourth-order valence-electron chi connectivity index (χ4n) is 4.10. The van der Waals surface area contributed by atoms with Crippen LogP contribution >= 0.6 is 0 Å². The maximum atomic E-state index is 13.1. The number of carboxylic acid groups (broad SMARTS) is 1. The van der Waals surface area contributed by atoms with E-state index < -0.39 is 29.9 Å². The molecule has 1 aliphatic rings. The first kappa shape index (κ1) is 31.7. The highest BCUT2D eigenvalue weighted by Gasteiger charge is 2.38. The maximum Gasteiger partial charge on any atom is 0.490 e. The number of anilines is 2. The number of hydrogen-bond acceptors (Lipinski definition) is 7. The van der Waals surface area contributed by atoms with E-state index in [1.165, 1.54) is 16.0 Å². The quantitative estimate of drug-likeness (QED) is 0.241. The molecule has 0 aliphatic carbocycles. The molecule has 2 amide bonds. The second-order valence-electron chi connectivity index (χ2n) is 8.95. The number of carboxylic acids is 1. The zero-order chi connectivity index (χ0) is 32.2. The van der Waals surface area contributed by atoms with Gasteiger partial charge in [-0.25, -0.2) is 9.59 Å². The zero-order valence-corrected chi connectivity index (χ0v) is 22.8. The third kappa shape index (κ3) is 7.02. The van der Waals surface area contributed by atoms with Gasteiger partial charge in [0.05, 0.1) is 37.2 Å². The van der Waals surface area contributed by atoms with Gasteiger partial charge in [-0.1, -0.05) is 0 Å². The number of amides is 2. The van der Waals surface area contributed by atoms with E-state index >= 15 is 0 Å². The standard InChI is InChI=1S/C26H21F3N4O4.C2HF3O2/c1-35-23-12-20-21(13-24(23)36-2)31-8-7-22(20)37-19-5-3-17(4-6-19)32-9-10-33(25(32)34)18-11-16(14-30-15-18)26(27,28)29;3-2(4,5)1(6)7/h3-8,11-15H,9-10H2,1-2H3;(H,6,7). The first-order valence-corrected chi connectivity index (χ1v) is 12.4. The third-order valence-electron chi connectivity index (χ3n) is 6.20. The SMILES string of the molecule is COc1cc2nccc(Oc3ccc(N4CCN(c5cncc(C(F)(F)F)c5)C4=O)cc3)c2cc1OC.O=C(O)C(F)(F)F. The summed E-state index contributed by atoms with van der Waals surface area (Å²) in [4.78, 5) is 32.7. The van der Waals surface area contributed by atoms with Crippen molar-refractivity contribution in [2.75, 3.05) is 37.1 Å². The van der Waals surface area contributed by atoms with Crippen LogP contribution in [0.2, 0.25) is 0 Å². The van der Waals surface area contributed by atoms with E-state index in [4.69, 9.17) is 24.1 Å². The summed E-state index contributed by atoms with van der Waals surface area (Å²) in [6, 6.07) is 12.6. The van der Waals surface area contributed by atoms with Crippen molar-refractivity contribution in [1.29, 1.82) is 0 Å². The second kappa shape index (κ2) is 12.5. The number of pyridine rings is 2. The molecule has 1 saturated heterocycles. The number of nitrogens with zero attached hydrogens (tertiary/aromatic N) is 4. The minimum Gasteiger partial charge on any atom is -0.493 e. The number of fused-ring (bicyclic) bond motifs is 1. The van der Waals surface area contributed by atoms with Crippen LogP contribution in [-0.4, -0.2) is 60.6 Å². The highest BCUT2D eigenvalue weighted by molar-refractivity contribution is 6.06. The number of benzene rings is 2. The maximum absolute atomic E-state index is 13.1. The molecule has 1 N–H and O–H groups in total. The van der Waals surface area contributed by atoms with E-state index in [1.54, 1.807) is 62.9 Å². The smallest absolute Gasteiger partial charge is 0.490 e. The second-order valence-corrected chi connectivity index (χ2v) is 8.95. The lowest BCUT2D eigenvalue weighted by Crippen LogP contribution is -2.31. The number of alkyl halides is 6. The number of ether oxygens (including phenoxy) is 3. The van der Waals surface area contributed by atoms with Crippen LogP contribution in [0.5, 0.6) is 23.0 Å². The monoisotopic (exact) mass is 624 g/mol. The Balaban J connectivity index is 0.000000566. The van der Waals surface area contributed by atoms with Crippen LogP contribution < -0.4 is 24.0 Å². The number of carbonyl (C=O) groups excluding carboxylic acids is 1. The van der Waals surface area contributed by atoms with Crippen molar-refractivity contribution in [2.24, 2.45) is 0 Å². The highest BCUT2D eigenvalue weighted by atomic mass is 19.4. The van der Waals surface area contributed by atoms with Crippen molar-refractivity contribution >= 4 is 34.3 Å². The predicted molar refractivity (Wildman–Crippen MR) is 144 cm³/mol. The summed E-state index contributed by atoms with van der Waals surface area (Å²) in [7, 11) is 3.09. The lowest BCUT2D eigenvalue weighted by Gasteiger charge is -2.19. The van der Waals surface area contributed by atoms with Crippen LogP contribution in [0.25, 0.3) is 10.9 Å². The van der Waals surface area contributed by atoms with Crippen molar-refractivity contribution < 1.29 is 55.2 Å². The van der Waals surface area contributed by atoms with Crippen LogP contribution in [0.4, 0.5) is 42.5 Å². The Kier molecular flexibility index (Phi) is 9.01. The normalized spacial score (nSPS) is 13.4. The highest BCUT2D eigenvalue weighted by Crippen LogP contribution is 2.37. The molecule has 232 valence electrons. The molecule has 44 heavy (non-hydrogen) atoms. The Hall–Kier alpha value is -5.28. The number of halogens is 6. The number of hydrogen-bond donors (Lipinski definition) is 1. The van der Waals surface area contributed by atoms with Gasteiger partial charge in [0.1, 0.15) is 11.5 Å².